The molecule has 0 radical (unpaired) electrons. The number of carbonyl (C=O) groups excluding carboxylic acids is 1. The Kier molecular flexibility index (Phi) is 5.94. The van der Waals surface area contributed by atoms with Crippen molar-refractivity contribution < 1.29 is 22.0 Å². The smallest absolute Gasteiger partial charge is 0.277 e. The number of fused-ring (bicyclic) bond motifs is 1. The lowest BCUT2D eigenvalue weighted by Crippen LogP contribution is -2.38. The minimum absolute atomic E-state index is 0.0160. The average molecular weight is 458 g/mol. The van der Waals surface area contributed by atoms with E-state index in [0.717, 1.165) is 22.1 Å². The summed E-state index contributed by atoms with van der Waals surface area (Å²) in [6.07, 6.45) is 0.465. The number of hydrogen-bond acceptors (Lipinski definition) is 5. The normalized spacial score (nSPS) is 13.2. The van der Waals surface area contributed by atoms with Crippen molar-refractivity contribution >= 4 is 27.2 Å². The molecule has 0 amide bonds. The molecule has 2 N–H and O–H groups in total. The van der Waals surface area contributed by atoms with Gasteiger partial charge in [0.15, 0.2) is 17.4 Å². The number of nitrogens with zero attached hydrogens (tertiary/aromatic N) is 1. The van der Waals surface area contributed by atoms with E-state index in [0.29, 0.717) is 42.0 Å². The zero-order valence-electron chi connectivity index (χ0n) is 17.2. The Morgan fingerprint density at radius 2 is 1.88 bits per heavy atom. The number of ketones is 1. The third kappa shape index (κ3) is 4.35. The van der Waals surface area contributed by atoms with Gasteiger partial charge in [-0.1, -0.05) is 24.3 Å². The average Bonchev–Trinajstić information content (AvgIpc) is 3.20. The molecule has 1 heterocycles. The number of benzene rings is 3. The van der Waals surface area contributed by atoms with E-state index in [-0.39, 0.29) is 10.7 Å². The first-order chi connectivity index (χ1) is 15.3. The van der Waals surface area contributed by atoms with Gasteiger partial charge in [-0.15, -0.1) is 0 Å². The number of rotatable bonds is 7. The second kappa shape index (κ2) is 8.68. The molecule has 3 aromatic carbocycles. The number of halogens is 2. The molecule has 0 atom stereocenters. The van der Waals surface area contributed by atoms with Crippen molar-refractivity contribution in [2.75, 3.05) is 16.3 Å². The summed E-state index contributed by atoms with van der Waals surface area (Å²) in [5.74, 6) is -1.99. The summed E-state index contributed by atoms with van der Waals surface area (Å²) in [5, 5.41) is 3.18. The van der Waals surface area contributed by atoms with Crippen LogP contribution < -0.4 is 15.2 Å². The number of carbonyl (C=O) groups is 1. The fourth-order valence-corrected chi connectivity index (χ4v) is 4.90. The lowest BCUT2D eigenvalue weighted by Gasteiger charge is -2.20. The van der Waals surface area contributed by atoms with Crippen molar-refractivity contribution in [3.05, 3.63) is 89.0 Å². The molecule has 0 unspecified atom stereocenters. The van der Waals surface area contributed by atoms with Crippen LogP contribution >= 0.6 is 0 Å². The number of nitrogens with one attached hydrogen (secondary N) is 2. The van der Waals surface area contributed by atoms with E-state index in [1.54, 1.807) is 12.1 Å². The molecule has 1 aliphatic heterocycles. The fraction of sp³-hybridized carbons (Fsp3) is 0.174. The van der Waals surface area contributed by atoms with Gasteiger partial charge in [0.1, 0.15) is 0 Å². The molecule has 0 saturated carbocycles. The van der Waals surface area contributed by atoms with Crippen LogP contribution in [0.1, 0.15) is 28.4 Å². The number of hydrogen-bond donors (Lipinski definition) is 2. The van der Waals surface area contributed by atoms with Crippen molar-refractivity contribution in [3.8, 4) is 0 Å². The van der Waals surface area contributed by atoms with E-state index >= 15 is 0 Å². The van der Waals surface area contributed by atoms with E-state index in [1.165, 1.54) is 31.2 Å². The highest BCUT2D eigenvalue weighted by Gasteiger charge is 2.31. The SMILES string of the molecule is CC(=O)c1cccc(S(=O)(=O)N2NCc3ccc(NCCc4ccc(F)c(F)c4)cc32)c1. The van der Waals surface area contributed by atoms with Gasteiger partial charge in [-0.3, -0.25) is 4.79 Å². The maximum absolute atomic E-state index is 13.4. The molecule has 0 aromatic heterocycles. The quantitative estimate of drug-likeness (QED) is 0.524. The first kappa shape index (κ1) is 21.9. The Labute approximate surface area is 184 Å². The topological polar surface area (TPSA) is 78.5 Å². The van der Waals surface area contributed by atoms with Crippen LogP contribution in [0.4, 0.5) is 20.2 Å². The van der Waals surface area contributed by atoms with Crippen LogP contribution in [0.3, 0.4) is 0 Å². The Bertz CT molecular complexity index is 1300. The van der Waals surface area contributed by atoms with Crippen LogP contribution in [-0.2, 0) is 23.0 Å². The van der Waals surface area contributed by atoms with Gasteiger partial charge in [0.05, 0.1) is 10.6 Å². The molecule has 32 heavy (non-hydrogen) atoms. The molecule has 3 aromatic rings. The highest BCUT2D eigenvalue weighted by atomic mass is 32.2. The minimum atomic E-state index is -3.93. The highest BCUT2D eigenvalue weighted by molar-refractivity contribution is 7.92. The maximum atomic E-state index is 13.4. The summed E-state index contributed by atoms with van der Waals surface area (Å²) >= 11 is 0. The second-order valence-corrected chi connectivity index (χ2v) is 9.24. The van der Waals surface area contributed by atoms with Gasteiger partial charge in [-0.05, 0) is 60.9 Å². The molecule has 4 rings (SSSR count). The first-order valence-corrected chi connectivity index (χ1v) is 11.4. The lowest BCUT2D eigenvalue weighted by atomic mass is 10.1. The second-order valence-electron chi connectivity index (χ2n) is 7.46. The van der Waals surface area contributed by atoms with Crippen molar-refractivity contribution in [2.24, 2.45) is 0 Å². The molecule has 0 fully saturated rings. The fourth-order valence-electron chi connectivity index (χ4n) is 3.50. The summed E-state index contributed by atoms with van der Waals surface area (Å²) in [5.41, 5.74) is 5.83. The van der Waals surface area contributed by atoms with E-state index < -0.39 is 21.7 Å². The standard InChI is InChI=1S/C23H21F2N3O3S/c1-15(29)17-3-2-4-20(12-17)32(30,31)28-23-13-19(7-6-18(23)14-27-28)26-10-9-16-5-8-21(24)22(25)11-16/h2-8,11-13,26-27H,9-10,14H2,1H3. The van der Waals surface area contributed by atoms with E-state index in [9.17, 15) is 22.0 Å². The van der Waals surface area contributed by atoms with E-state index in [4.69, 9.17) is 0 Å². The van der Waals surface area contributed by atoms with Crippen LogP contribution in [-0.4, -0.2) is 20.7 Å². The molecular weight excluding hydrogens is 436 g/mol. The Balaban J connectivity index is 1.52. The molecule has 166 valence electrons. The number of hydrazine groups is 1. The number of Topliss-reactive ketones (excluding diaryl/α,β-unsaturated/α-hetero) is 1. The molecule has 0 spiro atoms. The monoisotopic (exact) mass is 457 g/mol. The van der Waals surface area contributed by atoms with Crippen molar-refractivity contribution in [3.63, 3.8) is 0 Å². The molecule has 0 saturated heterocycles. The van der Waals surface area contributed by atoms with Gasteiger partial charge in [0.25, 0.3) is 10.0 Å². The van der Waals surface area contributed by atoms with Gasteiger partial charge in [-0.2, -0.15) is 12.8 Å². The first-order valence-electron chi connectivity index (χ1n) is 9.96. The Morgan fingerprint density at radius 1 is 1.06 bits per heavy atom. The van der Waals surface area contributed by atoms with E-state index in [1.807, 2.05) is 12.1 Å². The predicted octanol–water partition coefficient (Wildman–Crippen LogP) is 4.04. The summed E-state index contributed by atoms with van der Waals surface area (Å²) < 4.78 is 54.0. The van der Waals surface area contributed by atoms with Crippen LogP contribution in [0.5, 0.6) is 0 Å². The number of anilines is 2. The van der Waals surface area contributed by atoms with Gasteiger partial charge < -0.3 is 5.32 Å². The molecule has 0 bridgehead atoms. The summed E-state index contributed by atoms with van der Waals surface area (Å²) in [6, 6.07) is 15.1. The maximum Gasteiger partial charge on any atom is 0.277 e. The largest absolute Gasteiger partial charge is 0.385 e. The minimum Gasteiger partial charge on any atom is -0.385 e. The van der Waals surface area contributed by atoms with Crippen LogP contribution in [0.25, 0.3) is 0 Å². The molecule has 9 heteroatoms. The molecule has 1 aliphatic rings. The van der Waals surface area contributed by atoms with Gasteiger partial charge >= 0.3 is 0 Å². The Hall–Kier alpha value is -3.30. The lowest BCUT2D eigenvalue weighted by molar-refractivity contribution is 0.101. The Morgan fingerprint density at radius 3 is 2.62 bits per heavy atom. The summed E-state index contributed by atoms with van der Waals surface area (Å²) in [6.45, 7) is 2.17. The third-order valence-corrected chi connectivity index (χ3v) is 6.88. The van der Waals surface area contributed by atoms with Gasteiger partial charge in [0, 0.05) is 24.3 Å². The van der Waals surface area contributed by atoms with Crippen molar-refractivity contribution in [1.29, 1.82) is 0 Å². The third-order valence-electron chi connectivity index (χ3n) is 5.22. The predicted molar refractivity (Wildman–Crippen MR) is 118 cm³/mol. The van der Waals surface area contributed by atoms with Crippen LogP contribution in [0, 0.1) is 11.6 Å². The molecule has 6 nitrogen and oxygen atoms in total. The zero-order valence-corrected chi connectivity index (χ0v) is 18.0. The summed E-state index contributed by atoms with van der Waals surface area (Å²) in [4.78, 5) is 11.7. The van der Waals surface area contributed by atoms with Crippen molar-refractivity contribution in [2.45, 2.75) is 24.8 Å². The molecular formula is C23H21F2N3O3S. The molecule has 0 aliphatic carbocycles. The van der Waals surface area contributed by atoms with Crippen molar-refractivity contribution in [1.82, 2.24) is 5.43 Å². The van der Waals surface area contributed by atoms with Gasteiger partial charge in [0.2, 0.25) is 0 Å². The zero-order chi connectivity index (χ0) is 22.9. The van der Waals surface area contributed by atoms with Crippen LogP contribution in [0.2, 0.25) is 0 Å². The van der Waals surface area contributed by atoms with Gasteiger partial charge in [-0.25, -0.2) is 14.2 Å². The summed E-state index contributed by atoms with van der Waals surface area (Å²) in [7, 11) is -3.93. The number of sulfonamides is 1. The van der Waals surface area contributed by atoms with E-state index in [2.05, 4.69) is 10.7 Å². The highest BCUT2D eigenvalue weighted by Crippen LogP contribution is 2.33. The van der Waals surface area contributed by atoms with Crippen LogP contribution in [0.15, 0.2) is 65.6 Å².